The summed E-state index contributed by atoms with van der Waals surface area (Å²) in [6.07, 6.45) is 1.25. The minimum Gasteiger partial charge on any atom is -0.369 e. The van der Waals surface area contributed by atoms with E-state index in [1.165, 1.54) is 30.8 Å². The summed E-state index contributed by atoms with van der Waals surface area (Å²) < 4.78 is 0. The molecule has 2 heteroatoms. The Kier molecular flexibility index (Phi) is 4.87. The van der Waals surface area contributed by atoms with Gasteiger partial charge in [0, 0.05) is 37.9 Å². The van der Waals surface area contributed by atoms with Gasteiger partial charge in [0.1, 0.15) is 0 Å². The van der Waals surface area contributed by atoms with Gasteiger partial charge in [-0.1, -0.05) is 32.9 Å². The Balaban J connectivity index is 1.94. The summed E-state index contributed by atoms with van der Waals surface area (Å²) in [6, 6.07) is 9.86. The molecule has 0 saturated carbocycles. The Labute approximate surface area is 118 Å². The zero-order valence-corrected chi connectivity index (χ0v) is 12.9. The number of rotatable bonds is 4. The summed E-state index contributed by atoms with van der Waals surface area (Å²) >= 11 is 0. The van der Waals surface area contributed by atoms with Gasteiger partial charge in [0.2, 0.25) is 0 Å². The molecule has 1 aromatic rings. The smallest absolute Gasteiger partial charge is 0.0367 e. The van der Waals surface area contributed by atoms with Crippen molar-refractivity contribution in [3.8, 4) is 0 Å². The maximum Gasteiger partial charge on any atom is 0.0367 e. The summed E-state index contributed by atoms with van der Waals surface area (Å²) in [5.74, 6) is 0.622. The maximum atomic E-state index is 2.61. The molecule has 2 nitrogen and oxygen atoms in total. The van der Waals surface area contributed by atoms with E-state index in [9.17, 15) is 0 Å². The molecule has 106 valence electrons. The van der Waals surface area contributed by atoms with Crippen LogP contribution in [0.3, 0.4) is 0 Å². The van der Waals surface area contributed by atoms with Gasteiger partial charge in [-0.25, -0.2) is 0 Å². The van der Waals surface area contributed by atoms with Crippen LogP contribution in [0.2, 0.25) is 0 Å². The minimum atomic E-state index is 0.622. The van der Waals surface area contributed by atoms with Gasteiger partial charge in [0.05, 0.1) is 0 Å². The van der Waals surface area contributed by atoms with Gasteiger partial charge in [0.15, 0.2) is 0 Å². The molecule has 0 spiro atoms. The molecular weight excluding hydrogens is 232 g/mol. The van der Waals surface area contributed by atoms with E-state index in [0.717, 1.165) is 19.1 Å². The Hall–Kier alpha value is -1.02. The molecule has 2 rings (SSSR count). The monoisotopic (exact) mass is 260 g/mol. The fourth-order valence-electron chi connectivity index (χ4n) is 2.75. The first-order valence-corrected chi connectivity index (χ1v) is 7.70. The first-order chi connectivity index (χ1) is 9.11. The molecule has 0 amide bonds. The van der Waals surface area contributed by atoms with Crippen LogP contribution in [-0.4, -0.2) is 37.1 Å². The van der Waals surface area contributed by atoms with Crippen LogP contribution < -0.4 is 4.90 Å². The Morgan fingerprint density at radius 2 is 1.53 bits per heavy atom. The first-order valence-electron chi connectivity index (χ1n) is 7.70. The largest absolute Gasteiger partial charge is 0.369 e. The van der Waals surface area contributed by atoms with Crippen LogP contribution in [-0.2, 0) is 0 Å². The lowest BCUT2D eigenvalue weighted by atomic mass is 10.0. The van der Waals surface area contributed by atoms with E-state index in [1.807, 2.05) is 0 Å². The van der Waals surface area contributed by atoms with Crippen molar-refractivity contribution in [1.82, 2.24) is 4.90 Å². The lowest BCUT2D eigenvalue weighted by molar-refractivity contribution is 0.193. The molecule has 19 heavy (non-hydrogen) atoms. The summed E-state index contributed by atoms with van der Waals surface area (Å²) in [4.78, 5) is 5.13. The number of nitrogens with zero attached hydrogens (tertiary/aromatic N) is 2. The van der Waals surface area contributed by atoms with Crippen LogP contribution in [0, 0.1) is 0 Å². The number of hydrogen-bond acceptors (Lipinski definition) is 2. The molecule has 1 aromatic carbocycles. The molecule has 1 fully saturated rings. The molecule has 1 heterocycles. The van der Waals surface area contributed by atoms with Crippen molar-refractivity contribution in [3.63, 3.8) is 0 Å². The van der Waals surface area contributed by atoms with Crippen molar-refractivity contribution in [2.45, 2.75) is 46.1 Å². The molecule has 1 aliphatic rings. The van der Waals surface area contributed by atoms with Crippen molar-refractivity contribution in [2.24, 2.45) is 0 Å². The highest BCUT2D eigenvalue weighted by molar-refractivity contribution is 5.48. The molecule has 1 aliphatic heterocycles. The zero-order valence-electron chi connectivity index (χ0n) is 12.9. The van der Waals surface area contributed by atoms with Gasteiger partial charge < -0.3 is 4.90 Å². The fourth-order valence-corrected chi connectivity index (χ4v) is 2.75. The third kappa shape index (κ3) is 3.50. The predicted octanol–water partition coefficient (Wildman–Crippen LogP) is 3.73. The Bertz CT molecular complexity index is 375. The van der Waals surface area contributed by atoms with E-state index in [1.54, 1.807) is 0 Å². The lowest BCUT2D eigenvalue weighted by Gasteiger charge is -2.39. The molecule has 0 aliphatic carbocycles. The maximum absolute atomic E-state index is 2.61. The Morgan fingerprint density at radius 3 is 2.00 bits per heavy atom. The number of anilines is 1. The van der Waals surface area contributed by atoms with Crippen molar-refractivity contribution in [1.29, 1.82) is 0 Å². The van der Waals surface area contributed by atoms with Gasteiger partial charge in [-0.05, 0) is 37.0 Å². The minimum absolute atomic E-state index is 0.622. The van der Waals surface area contributed by atoms with E-state index in [2.05, 4.69) is 61.8 Å². The number of benzene rings is 1. The highest BCUT2D eigenvalue weighted by Gasteiger charge is 2.20. The first kappa shape index (κ1) is 14.4. The van der Waals surface area contributed by atoms with Crippen molar-refractivity contribution in [2.75, 3.05) is 31.1 Å². The topological polar surface area (TPSA) is 6.48 Å². The molecule has 0 N–H and O–H groups in total. The average Bonchev–Trinajstić information content (AvgIpc) is 2.46. The fraction of sp³-hybridized carbons (Fsp3) is 0.647. The van der Waals surface area contributed by atoms with Crippen LogP contribution >= 0.6 is 0 Å². The summed E-state index contributed by atoms with van der Waals surface area (Å²) in [6.45, 7) is 13.8. The molecular formula is C17H28N2. The molecule has 0 aromatic heterocycles. The highest BCUT2D eigenvalue weighted by Crippen LogP contribution is 2.21. The molecule has 1 unspecified atom stereocenters. The van der Waals surface area contributed by atoms with Crippen LogP contribution in [0.15, 0.2) is 24.3 Å². The van der Waals surface area contributed by atoms with E-state index < -0.39 is 0 Å². The van der Waals surface area contributed by atoms with Crippen molar-refractivity contribution >= 4 is 5.69 Å². The van der Waals surface area contributed by atoms with Crippen molar-refractivity contribution < 1.29 is 0 Å². The standard InChI is InChI=1S/C17H28N2/c1-5-15(4)18-10-12-19(13-11-18)17-8-6-16(7-9-17)14(2)3/h6-9,14-15H,5,10-13H2,1-4H3. The van der Waals surface area contributed by atoms with E-state index >= 15 is 0 Å². The van der Waals surface area contributed by atoms with Crippen LogP contribution in [0.5, 0.6) is 0 Å². The second-order valence-corrected chi connectivity index (χ2v) is 6.03. The number of piperazine rings is 1. The van der Waals surface area contributed by atoms with Crippen LogP contribution in [0.1, 0.15) is 45.6 Å². The normalized spacial score (nSPS) is 18.9. The van der Waals surface area contributed by atoms with Gasteiger partial charge in [-0.2, -0.15) is 0 Å². The zero-order chi connectivity index (χ0) is 13.8. The van der Waals surface area contributed by atoms with Gasteiger partial charge in [0.25, 0.3) is 0 Å². The van der Waals surface area contributed by atoms with Crippen LogP contribution in [0.4, 0.5) is 5.69 Å². The van der Waals surface area contributed by atoms with Gasteiger partial charge >= 0.3 is 0 Å². The lowest BCUT2D eigenvalue weighted by Crippen LogP contribution is -2.49. The summed E-state index contributed by atoms with van der Waals surface area (Å²) in [7, 11) is 0. The molecule has 0 bridgehead atoms. The average molecular weight is 260 g/mol. The summed E-state index contributed by atoms with van der Waals surface area (Å²) in [5, 5.41) is 0. The Morgan fingerprint density at radius 1 is 0.947 bits per heavy atom. The quantitative estimate of drug-likeness (QED) is 0.814. The third-order valence-corrected chi connectivity index (χ3v) is 4.45. The predicted molar refractivity (Wildman–Crippen MR) is 84.1 cm³/mol. The van der Waals surface area contributed by atoms with Gasteiger partial charge in [-0.3, -0.25) is 4.90 Å². The molecule has 0 radical (unpaired) electrons. The van der Waals surface area contributed by atoms with Crippen molar-refractivity contribution in [3.05, 3.63) is 29.8 Å². The number of hydrogen-bond donors (Lipinski definition) is 0. The van der Waals surface area contributed by atoms with Crippen LogP contribution in [0.25, 0.3) is 0 Å². The SMILES string of the molecule is CCC(C)N1CCN(c2ccc(C(C)C)cc2)CC1. The highest BCUT2D eigenvalue weighted by atomic mass is 15.3. The van der Waals surface area contributed by atoms with E-state index in [-0.39, 0.29) is 0 Å². The third-order valence-electron chi connectivity index (χ3n) is 4.45. The second-order valence-electron chi connectivity index (χ2n) is 6.03. The van der Waals surface area contributed by atoms with E-state index in [4.69, 9.17) is 0 Å². The molecule has 1 atom stereocenters. The second kappa shape index (κ2) is 6.42. The molecule has 1 saturated heterocycles. The van der Waals surface area contributed by atoms with Gasteiger partial charge in [-0.15, -0.1) is 0 Å². The summed E-state index contributed by atoms with van der Waals surface area (Å²) in [5.41, 5.74) is 2.81. The van der Waals surface area contributed by atoms with E-state index in [0.29, 0.717) is 5.92 Å².